The van der Waals surface area contributed by atoms with Crippen LogP contribution in [0, 0.1) is 24.2 Å². The molecular formula is C20H20N2O6. The molecule has 0 saturated carbocycles. The first-order valence-corrected chi connectivity index (χ1v) is 9.05. The molecule has 1 aromatic rings. The van der Waals surface area contributed by atoms with E-state index in [-0.39, 0.29) is 29.2 Å². The van der Waals surface area contributed by atoms with E-state index >= 15 is 0 Å². The third kappa shape index (κ3) is 2.17. The van der Waals surface area contributed by atoms with E-state index in [1.54, 1.807) is 13.0 Å². The number of carbonyl (C=O) groups excluding carboxylic acids is 3. The number of ketones is 2. The lowest BCUT2D eigenvalue weighted by molar-refractivity contribution is -0.131. The van der Waals surface area contributed by atoms with E-state index in [2.05, 4.69) is 4.98 Å². The van der Waals surface area contributed by atoms with E-state index in [4.69, 9.17) is 5.73 Å². The van der Waals surface area contributed by atoms with Crippen molar-refractivity contribution < 1.29 is 24.6 Å². The van der Waals surface area contributed by atoms with Crippen molar-refractivity contribution in [1.82, 2.24) is 4.98 Å². The maximum atomic E-state index is 13.1. The fourth-order valence-corrected chi connectivity index (χ4v) is 4.97. The number of pyridine rings is 1. The summed E-state index contributed by atoms with van der Waals surface area (Å²) in [5.74, 6) is -4.16. The number of aliphatic hydroxyl groups excluding tert-OH is 2. The lowest BCUT2D eigenvalue weighted by Gasteiger charge is -2.46. The first-order chi connectivity index (χ1) is 13.1. The van der Waals surface area contributed by atoms with Gasteiger partial charge < -0.3 is 20.9 Å². The summed E-state index contributed by atoms with van der Waals surface area (Å²) in [6, 6.07) is 1.74. The number of aromatic nitrogens is 1. The average Bonchev–Trinajstić information content (AvgIpc) is 2.57. The molecule has 0 radical (unpaired) electrons. The molecule has 1 amide bonds. The Balaban J connectivity index is 1.92. The molecule has 0 aromatic carbocycles. The van der Waals surface area contributed by atoms with E-state index in [1.165, 1.54) is 6.92 Å². The van der Waals surface area contributed by atoms with Crippen molar-refractivity contribution in [2.75, 3.05) is 0 Å². The fraction of sp³-hybridized carbons (Fsp3) is 0.400. The van der Waals surface area contributed by atoms with Gasteiger partial charge in [0.25, 0.3) is 11.5 Å². The topological polar surface area (TPSA) is 151 Å². The summed E-state index contributed by atoms with van der Waals surface area (Å²) in [6.07, 6.45) is 0.734. The molecule has 28 heavy (non-hydrogen) atoms. The number of allylic oxidation sites excluding steroid dienone is 3. The van der Waals surface area contributed by atoms with Crippen molar-refractivity contribution >= 4 is 17.5 Å². The number of H-pyrrole nitrogens is 1. The van der Waals surface area contributed by atoms with E-state index in [0.717, 1.165) is 0 Å². The first-order valence-electron chi connectivity index (χ1n) is 9.05. The molecule has 1 heterocycles. The number of primary amides is 1. The molecule has 146 valence electrons. The van der Waals surface area contributed by atoms with Gasteiger partial charge in [-0.05, 0) is 50.2 Å². The van der Waals surface area contributed by atoms with Crippen molar-refractivity contribution in [1.29, 1.82) is 0 Å². The van der Waals surface area contributed by atoms with E-state index in [9.17, 15) is 29.4 Å². The van der Waals surface area contributed by atoms with Crippen LogP contribution in [0.2, 0.25) is 0 Å². The summed E-state index contributed by atoms with van der Waals surface area (Å²) in [6.45, 7) is 3.18. The Morgan fingerprint density at radius 2 is 1.93 bits per heavy atom. The van der Waals surface area contributed by atoms with Gasteiger partial charge in [0.2, 0.25) is 0 Å². The Bertz CT molecular complexity index is 1090. The molecule has 0 fully saturated rings. The number of hydrogen-bond donors (Lipinski definition) is 4. The van der Waals surface area contributed by atoms with Gasteiger partial charge in [-0.2, -0.15) is 0 Å². The zero-order valence-corrected chi connectivity index (χ0v) is 15.5. The number of fused-ring (bicyclic) bond motifs is 3. The summed E-state index contributed by atoms with van der Waals surface area (Å²) < 4.78 is 0. The van der Waals surface area contributed by atoms with E-state index < -0.39 is 45.7 Å². The molecule has 3 aliphatic carbocycles. The average molecular weight is 384 g/mol. The van der Waals surface area contributed by atoms with Gasteiger partial charge in [0.15, 0.2) is 11.6 Å². The molecular weight excluding hydrogens is 364 g/mol. The van der Waals surface area contributed by atoms with Crippen LogP contribution in [0.5, 0.6) is 0 Å². The lowest BCUT2D eigenvalue weighted by atomic mass is 9.55. The number of carbonyl (C=O) groups is 3. The van der Waals surface area contributed by atoms with Gasteiger partial charge in [-0.25, -0.2) is 0 Å². The number of hydrogen-bond acceptors (Lipinski definition) is 6. The summed E-state index contributed by atoms with van der Waals surface area (Å²) in [5, 5.41) is 21.2. The van der Waals surface area contributed by atoms with Crippen molar-refractivity contribution in [2.45, 2.75) is 33.1 Å². The molecule has 8 heteroatoms. The summed E-state index contributed by atoms with van der Waals surface area (Å²) in [5.41, 5.74) is 3.88. The molecule has 3 unspecified atom stereocenters. The summed E-state index contributed by atoms with van der Waals surface area (Å²) in [4.78, 5) is 52.7. The van der Waals surface area contributed by atoms with Gasteiger partial charge in [-0.1, -0.05) is 0 Å². The number of nitrogens with two attached hydrogens (primary N) is 1. The number of aromatic amines is 1. The molecule has 5 N–H and O–H groups in total. The Morgan fingerprint density at radius 1 is 1.25 bits per heavy atom. The lowest BCUT2D eigenvalue weighted by Crippen LogP contribution is -2.50. The van der Waals surface area contributed by atoms with Crippen LogP contribution < -0.4 is 11.3 Å². The second-order valence-electron chi connectivity index (χ2n) is 8.03. The number of aryl methyl sites for hydroxylation is 1. The van der Waals surface area contributed by atoms with Gasteiger partial charge >= 0.3 is 0 Å². The number of Topliss-reactive ketones (excluding diaryl/α,β-unsaturated/α-hetero) is 2. The molecule has 8 nitrogen and oxygen atoms in total. The minimum Gasteiger partial charge on any atom is -0.511 e. The van der Waals surface area contributed by atoms with Crippen LogP contribution in [0.25, 0.3) is 0 Å². The minimum atomic E-state index is -1.55. The van der Waals surface area contributed by atoms with Crippen LogP contribution in [-0.2, 0) is 16.0 Å². The van der Waals surface area contributed by atoms with Crippen molar-refractivity contribution in [3.63, 3.8) is 0 Å². The highest BCUT2D eigenvalue weighted by Gasteiger charge is 2.57. The third-order valence-corrected chi connectivity index (χ3v) is 6.40. The highest BCUT2D eigenvalue weighted by molar-refractivity contribution is 6.23. The van der Waals surface area contributed by atoms with Crippen LogP contribution in [0.4, 0.5) is 0 Å². The van der Waals surface area contributed by atoms with Gasteiger partial charge in [0.1, 0.15) is 17.1 Å². The Hall–Kier alpha value is -3.16. The van der Waals surface area contributed by atoms with Crippen LogP contribution in [0.15, 0.2) is 33.5 Å². The maximum absolute atomic E-state index is 13.1. The maximum Gasteiger partial charge on any atom is 0.259 e. The van der Waals surface area contributed by atoms with Crippen LogP contribution in [0.3, 0.4) is 0 Å². The predicted molar refractivity (Wildman–Crippen MR) is 97.7 cm³/mol. The van der Waals surface area contributed by atoms with Crippen LogP contribution in [-0.4, -0.2) is 32.7 Å². The number of nitrogens with one attached hydrogen (secondary N) is 1. The fourth-order valence-electron chi connectivity index (χ4n) is 4.97. The van der Waals surface area contributed by atoms with Crippen LogP contribution in [0.1, 0.15) is 41.4 Å². The monoisotopic (exact) mass is 384 g/mol. The Kier molecular flexibility index (Phi) is 3.69. The minimum absolute atomic E-state index is 0.00377. The molecule has 0 aliphatic heterocycles. The zero-order valence-electron chi connectivity index (χ0n) is 15.5. The Labute approximate surface area is 159 Å². The summed E-state index contributed by atoms with van der Waals surface area (Å²) in [7, 11) is 0. The second-order valence-corrected chi connectivity index (χ2v) is 8.03. The third-order valence-electron chi connectivity index (χ3n) is 6.40. The molecule has 0 spiro atoms. The second kappa shape index (κ2) is 5.67. The summed E-state index contributed by atoms with van der Waals surface area (Å²) >= 11 is 0. The highest BCUT2D eigenvalue weighted by Crippen LogP contribution is 2.54. The largest absolute Gasteiger partial charge is 0.511 e. The SMILES string of the molecule is Cc1cc2c(c(=O)[nH]1)C(=O)C1=C(O)C3(C)C(=O)C(C(N)=O)=C(O)CC3CC1C2. The molecule has 3 aliphatic rings. The Morgan fingerprint density at radius 3 is 2.57 bits per heavy atom. The number of aliphatic hydroxyl groups is 2. The molecule has 3 atom stereocenters. The molecule has 4 rings (SSSR count). The van der Waals surface area contributed by atoms with Gasteiger partial charge in [-0.15, -0.1) is 0 Å². The number of rotatable bonds is 1. The quantitative estimate of drug-likeness (QED) is 0.533. The van der Waals surface area contributed by atoms with Gasteiger partial charge in [-0.3, -0.25) is 19.2 Å². The molecule has 1 aromatic heterocycles. The van der Waals surface area contributed by atoms with E-state index in [1.807, 2.05) is 0 Å². The van der Waals surface area contributed by atoms with Gasteiger partial charge in [0.05, 0.1) is 11.0 Å². The predicted octanol–water partition coefficient (Wildman–Crippen LogP) is 1.15. The standard InChI is InChI=1S/C20H20N2O6/c1-7-3-8-4-9-5-10-6-11(23)14(18(21)27)17(26)20(10,2)16(25)12(9)15(24)13(8)19(28)22-7/h3,9-10,23,25H,4-6H2,1-2H3,(H2,21,27)(H,22,28). The van der Waals surface area contributed by atoms with E-state index in [0.29, 0.717) is 24.1 Å². The van der Waals surface area contributed by atoms with Crippen LogP contribution >= 0.6 is 0 Å². The van der Waals surface area contributed by atoms with Crippen molar-refractivity contribution in [3.05, 3.63) is 55.9 Å². The zero-order chi connectivity index (χ0) is 20.5. The van der Waals surface area contributed by atoms with Crippen molar-refractivity contribution in [2.24, 2.45) is 23.0 Å². The first kappa shape index (κ1) is 18.2. The normalized spacial score (nSPS) is 29.4. The molecule has 0 saturated heterocycles. The van der Waals surface area contributed by atoms with Crippen molar-refractivity contribution in [3.8, 4) is 0 Å². The smallest absolute Gasteiger partial charge is 0.259 e. The number of amides is 1. The molecule has 0 bridgehead atoms. The highest BCUT2D eigenvalue weighted by atomic mass is 16.3. The van der Waals surface area contributed by atoms with Gasteiger partial charge in [0, 0.05) is 17.7 Å².